The molecule has 1 nitrogen and oxygen atoms in total. The smallest absolute Gasteiger partial charge is 0.199 e. The Bertz CT molecular complexity index is 463. The van der Waals surface area contributed by atoms with E-state index in [1.165, 1.54) is 36.8 Å². The van der Waals surface area contributed by atoms with E-state index >= 15 is 0 Å². The molecule has 0 aliphatic heterocycles. The molecule has 1 aromatic carbocycles. The van der Waals surface area contributed by atoms with Gasteiger partial charge in [0, 0.05) is 5.56 Å². The Balaban J connectivity index is 2.09. The van der Waals surface area contributed by atoms with Crippen LogP contribution in [0.4, 0.5) is 0 Å². The van der Waals surface area contributed by atoms with Crippen molar-refractivity contribution < 1.29 is 4.79 Å². The Hall–Kier alpha value is -0.640. The lowest BCUT2D eigenvalue weighted by molar-refractivity contribution is 0.104. The van der Waals surface area contributed by atoms with Crippen molar-refractivity contribution in [3.8, 4) is 0 Å². The van der Waals surface area contributed by atoms with Gasteiger partial charge in [0.15, 0.2) is 5.78 Å². The fourth-order valence-electron chi connectivity index (χ4n) is 2.51. The van der Waals surface area contributed by atoms with Gasteiger partial charge in [-0.25, -0.2) is 0 Å². The average molecular weight is 368 g/mol. The number of aryl methyl sites for hydroxylation is 1. The number of rotatable bonds is 5. The molecule has 0 saturated heterocycles. The number of ketones is 1. The number of Topliss-reactive ketones (excluding diaryl/α,β-unsaturated/α-hetero) is 1. The van der Waals surface area contributed by atoms with Crippen molar-refractivity contribution in [2.75, 3.05) is 0 Å². The molecule has 0 radical (unpaired) electrons. The molecule has 0 aromatic heterocycles. The molecular formula is C17H21IO. The first-order valence-corrected chi connectivity index (χ1v) is 8.31. The summed E-state index contributed by atoms with van der Waals surface area (Å²) in [4.78, 5) is 12.4. The Morgan fingerprint density at radius 2 is 1.79 bits per heavy atom. The summed E-state index contributed by atoms with van der Waals surface area (Å²) in [5, 5.41) is 0. The van der Waals surface area contributed by atoms with Crippen LogP contribution in [0.5, 0.6) is 0 Å². The van der Waals surface area contributed by atoms with Crippen molar-refractivity contribution in [1.29, 1.82) is 0 Å². The van der Waals surface area contributed by atoms with Gasteiger partial charge in [-0.05, 0) is 66.7 Å². The highest BCUT2D eigenvalue weighted by Crippen LogP contribution is 2.31. The van der Waals surface area contributed by atoms with Crippen LogP contribution in [0.2, 0.25) is 0 Å². The summed E-state index contributed by atoms with van der Waals surface area (Å²) in [7, 11) is 0. The number of carbonyl (C=O) groups is 1. The quantitative estimate of drug-likeness (QED) is 0.382. The van der Waals surface area contributed by atoms with E-state index in [4.69, 9.17) is 0 Å². The molecule has 1 aromatic rings. The Kier molecular flexibility index (Phi) is 5.61. The molecule has 0 amide bonds. The van der Waals surface area contributed by atoms with E-state index in [1.807, 2.05) is 12.1 Å². The molecule has 2 heteroatoms. The normalized spacial score (nSPS) is 14.7. The van der Waals surface area contributed by atoms with Gasteiger partial charge in [-0.3, -0.25) is 4.79 Å². The fourth-order valence-corrected chi connectivity index (χ4v) is 3.36. The number of unbranched alkanes of at least 4 members (excludes halogenated alkanes) is 1. The first kappa shape index (κ1) is 14.8. The van der Waals surface area contributed by atoms with Crippen molar-refractivity contribution in [1.82, 2.24) is 0 Å². The lowest BCUT2D eigenvalue weighted by atomic mass is 10.0. The zero-order valence-corrected chi connectivity index (χ0v) is 13.7. The van der Waals surface area contributed by atoms with Gasteiger partial charge in [0.05, 0.1) is 3.58 Å². The zero-order chi connectivity index (χ0) is 13.7. The van der Waals surface area contributed by atoms with Gasteiger partial charge in [-0.15, -0.1) is 0 Å². The van der Waals surface area contributed by atoms with Crippen molar-refractivity contribution in [2.45, 2.75) is 51.9 Å². The van der Waals surface area contributed by atoms with Crippen LogP contribution < -0.4 is 0 Å². The van der Waals surface area contributed by atoms with Gasteiger partial charge in [-0.1, -0.05) is 43.2 Å². The van der Waals surface area contributed by atoms with E-state index in [2.05, 4.69) is 41.6 Å². The van der Waals surface area contributed by atoms with Gasteiger partial charge < -0.3 is 0 Å². The predicted octanol–water partition coefficient (Wildman–Crippen LogP) is 5.48. The minimum atomic E-state index is 0.208. The number of hydrogen-bond acceptors (Lipinski definition) is 1. The zero-order valence-electron chi connectivity index (χ0n) is 11.5. The van der Waals surface area contributed by atoms with Gasteiger partial charge in [0.25, 0.3) is 0 Å². The van der Waals surface area contributed by atoms with Gasteiger partial charge in [0.1, 0.15) is 0 Å². The van der Waals surface area contributed by atoms with Crippen LogP contribution in [-0.4, -0.2) is 5.78 Å². The standard InChI is InChI=1S/C17H21IO/c1-2-3-6-13-9-11-15(12-10-13)17(19)16(18)14-7-4-5-8-14/h9-12H,2-8H2,1H3. The minimum absolute atomic E-state index is 0.208. The van der Waals surface area contributed by atoms with E-state index in [9.17, 15) is 4.79 Å². The number of benzene rings is 1. The average Bonchev–Trinajstić information content (AvgIpc) is 2.98. The highest BCUT2D eigenvalue weighted by atomic mass is 127. The third-order valence-corrected chi connectivity index (χ3v) is 5.00. The molecule has 0 unspecified atom stereocenters. The van der Waals surface area contributed by atoms with Crippen LogP contribution in [-0.2, 0) is 6.42 Å². The summed E-state index contributed by atoms with van der Waals surface area (Å²) >= 11 is 2.23. The summed E-state index contributed by atoms with van der Waals surface area (Å²) in [6.45, 7) is 2.20. The van der Waals surface area contributed by atoms with E-state index in [1.54, 1.807) is 0 Å². The SMILES string of the molecule is CCCCc1ccc(C(=O)C(I)=C2CCCC2)cc1. The first-order valence-electron chi connectivity index (χ1n) is 7.23. The van der Waals surface area contributed by atoms with Crippen LogP contribution in [0.15, 0.2) is 33.4 Å². The fraction of sp³-hybridized carbons (Fsp3) is 0.471. The van der Waals surface area contributed by atoms with Crippen molar-refractivity contribution in [3.05, 3.63) is 44.5 Å². The van der Waals surface area contributed by atoms with Gasteiger partial charge >= 0.3 is 0 Å². The molecule has 2 rings (SSSR count). The third-order valence-electron chi connectivity index (χ3n) is 3.75. The Morgan fingerprint density at radius 1 is 1.16 bits per heavy atom. The summed E-state index contributed by atoms with van der Waals surface area (Å²) in [6, 6.07) is 8.18. The molecule has 102 valence electrons. The lowest BCUT2D eigenvalue weighted by Crippen LogP contribution is -2.01. The van der Waals surface area contributed by atoms with Crippen LogP contribution in [0.3, 0.4) is 0 Å². The molecule has 0 spiro atoms. The molecule has 19 heavy (non-hydrogen) atoms. The second-order valence-electron chi connectivity index (χ2n) is 5.25. The van der Waals surface area contributed by atoms with Crippen molar-refractivity contribution in [2.24, 2.45) is 0 Å². The summed E-state index contributed by atoms with van der Waals surface area (Å²) in [5.41, 5.74) is 3.53. The highest BCUT2D eigenvalue weighted by Gasteiger charge is 2.17. The number of carbonyl (C=O) groups excluding carboxylic acids is 1. The Labute approximate surface area is 129 Å². The highest BCUT2D eigenvalue weighted by molar-refractivity contribution is 14.1. The number of allylic oxidation sites excluding steroid dienone is 2. The second-order valence-corrected chi connectivity index (χ2v) is 6.33. The molecule has 0 bridgehead atoms. The summed E-state index contributed by atoms with van der Waals surface area (Å²) in [6.07, 6.45) is 8.25. The van der Waals surface area contributed by atoms with Crippen LogP contribution in [0, 0.1) is 0 Å². The van der Waals surface area contributed by atoms with Gasteiger partial charge in [0.2, 0.25) is 0 Å². The molecular weight excluding hydrogens is 347 g/mol. The topological polar surface area (TPSA) is 17.1 Å². The largest absolute Gasteiger partial charge is 0.288 e. The second kappa shape index (κ2) is 7.22. The molecule has 1 aliphatic rings. The maximum absolute atomic E-state index is 12.4. The van der Waals surface area contributed by atoms with Crippen molar-refractivity contribution in [3.63, 3.8) is 0 Å². The monoisotopic (exact) mass is 368 g/mol. The predicted molar refractivity (Wildman–Crippen MR) is 88.9 cm³/mol. The molecule has 0 atom stereocenters. The van der Waals surface area contributed by atoms with Crippen LogP contribution in [0.1, 0.15) is 61.4 Å². The van der Waals surface area contributed by atoms with Crippen molar-refractivity contribution >= 4 is 28.4 Å². The van der Waals surface area contributed by atoms with Gasteiger partial charge in [-0.2, -0.15) is 0 Å². The van der Waals surface area contributed by atoms with Crippen LogP contribution in [0.25, 0.3) is 0 Å². The van der Waals surface area contributed by atoms with E-state index in [-0.39, 0.29) is 5.78 Å². The molecule has 0 N–H and O–H groups in total. The minimum Gasteiger partial charge on any atom is -0.288 e. The van der Waals surface area contributed by atoms with E-state index in [0.29, 0.717) is 0 Å². The maximum atomic E-state index is 12.4. The van der Waals surface area contributed by atoms with Crippen LogP contribution >= 0.6 is 22.6 Å². The molecule has 1 fully saturated rings. The maximum Gasteiger partial charge on any atom is 0.199 e. The molecule has 0 heterocycles. The third kappa shape index (κ3) is 3.91. The molecule has 1 saturated carbocycles. The molecule has 1 aliphatic carbocycles. The Morgan fingerprint density at radius 3 is 2.37 bits per heavy atom. The van der Waals surface area contributed by atoms with E-state index < -0.39 is 0 Å². The van der Waals surface area contributed by atoms with E-state index in [0.717, 1.165) is 28.4 Å². The number of hydrogen-bond donors (Lipinski definition) is 0. The number of halogens is 1. The first-order chi connectivity index (χ1) is 9.22. The lowest BCUT2D eigenvalue weighted by Gasteiger charge is -2.05. The summed E-state index contributed by atoms with van der Waals surface area (Å²) < 4.78 is 0.955. The summed E-state index contributed by atoms with van der Waals surface area (Å²) in [5.74, 6) is 0.208.